The highest BCUT2D eigenvalue weighted by Crippen LogP contribution is 2.35. The monoisotopic (exact) mass is 273 g/mol. The molecule has 3 aromatic carbocycles. The summed E-state index contributed by atoms with van der Waals surface area (Å²) in [6.45, 7) is 0. The van der Waals surface area contributed by atoms with Crippen molar-refractivity contribution in [3.8, 4) is 5.75 Å². The molecule has 0 spiro atoms. The minimum atomic E-state index is 0.889. The predicted molar refractivity (Wildman–Crippen MR) is 86.4 cm³/mol. The molecule has 0 N–H and O–H groups in total. The summed E-state index contributed by atoms with van der Waals surface area (Å²) in [4.78, 5) is 0. The Morgan fingerprint density at radius 1 is 0.619 bits per heavy atom. The highest BCUT2D eigenvalue weighted by Gasteiger charge is 2.20. The van der Waals surface area contributed by atoms with E-state index < -0.39 is 0 Å². The van der Waals surface area contributed by atoms with E-state index in [1.165, 1.54) is 17.0 Å². The van der Waals surface area contributed by atoms with Gasteiger partial charge in [0.05, 0.1) is 13.0 Å². The van der Waals surface area contributed by atoms with Crippen LogP contribution in [0.2, 0.25) is 0 Å². The van der Waals surface area contributed by atoms with Gasteiger partial charge in [-0.1, -0.05) is 78.9 Å². The molecule has 1 heteroatoms. The second-order valence-electron chi connectivity index (χ2n) is 4.81. The van der Waals surface area contributed by atoms with Crippen molar-refractivity contribution in [1.29, 1.82) is 0 Å². The first-order valence-electron chi connectivity index (χ1n) is 7.01. The van der Waals surface area contributed by atoms with Crippen LogP contribution in [0.3, 0.4) is 0 Å². The molecule has 0 heterocycles. The summed E-state index contributed by atoms with van der Waals surface area (Å²) >= 11 is 0. The van der Waals surface area contributed by atoms with Crippen LogP contribution in [-0.4, -0.2) is 7.11 Å². The number of rotatable bonds is 4. The molecule has 1 radical (unpaired) electrons. The van der Waals surface area contributed by atoms with E-state index in [2.05, 4.69) is 54.6 Å². The van der Waals surface area contributed by atoms with Gasteiger partial charge in [0.25, 0.3) is 0 Å². The Kier molecular flexibility index (Phi) is 4.02. The summed E-state index contributed by atoms with van der Waals surface area (Å²) in [6.07, 6.45) is 0. The van der Waals surface area contributed by atoms with E-state index in [9.17, 15) is 0 Å². The van der Waals surface area contributed by atoms with E-state index in [0.29, 0.717) is 0 Å². The average molecular weight is 273 g/mol. The summed E-state index contributed by atoms with van der Waals surface area (Å²) in [7, 11) is 1.71. The van der Waals surface area contributed by atoms with Gasteiger partial charge in [-0.3, -0.25) is 0 Å². The second-order valence-corrected chi connectivity index (χ2v) is 4.81. The summed E-state index contributed by atoms with van der Waals surface area (Å²) in [5.41, 5.74) is 3.49. The van der Waals surface area contributed by atoms with Crippen LogP contribution in [0.4, 0.5) is 0 Å². The topological polar surface area (TPSA) is 9.23 Å². The fraction of sp³-hybridized carbons (Fsp3) is 0.0500. The molecular formula is C20H17O. The third-order valence-electron chi connectivity index (χ3n) is 3.50. The molecule has 3 rings (SSSR count). The van der Waals surface area contributed by atoms with E-state index in [4.69, 9.17) is 4.74 Å². The molecule has 0 amide bonds. The Labute approximate surface area is 125 Å². The lowest BCUT2D eigenvalue weighted by molar-refractivity contribution is 0.412. The van der Waals surface area contributed by atoms with Gasteiger partial charge in [0.2, 0.25) is 0 Å². The number of ether oxygens (including phenoxy) is 1. The summed E-state index contributed by atoms with van der Waals surface area (Å²) in [6, 6.07) is 29.0. The minimum Gasteiger partial charge on any atom is -0.496 e. The van der Waals surface area contributed by atoms with Crippen LogP contribution >= 0.6 is 0 Å². The molecule has 0 aliphatic carbocycles. The standard InChI is InChI=1S/C20H17O/c1-21-19-15-9-8-14-18(19)20(16-10-4-2-5-11-16)17-12-6-3-7-13-17/h2-15H,1H3. The first-order chi connectivity index (χ1) is 10.4. The third-order valence-corrected chi connectivity index (χ3v) is 3.50. The zero-order valence-corrected chi connectivity index (χ0v) is 12.0. The van der Waals surface area contributed by atoms with E-state index in [-0.39, 0.29) is 0 Å². The summed E-state index contributed by atoms with van der Waals surface area (Å²) in [5, 5.41) is 0. The van der Waals surface area contributed by atoms with Crippen LogP contribution in [0, 0.1) is 5.92 Å². The van der Waals surface area contributed by atoms with Crippen LogP contribution in [0.1, 0.15) is 16.7 Å². The van der Waals surface area contributed by atoms with Gasteiger partial charge in [-0.15, -0.1) is 0 Å². The predicted octanol–water partition coefficient (Wildman–Crippen LogP) is 4.71. The molecule has 0 aliphatic rings. The van der Waals surface area contributed by atoms with Gasteiger partial charge >= 0.3 is 0 Å². The van der Waals surface area contributed by atoms with Crippen molar-refractivity contribution in [2.45, 2.75) is 0 Å². The Morgan fingerprint density at radius 3 is 1.62 bits per heavy atom. The van der Waals surface area contributed by atoms with Crippen molar-refractivity contribution in [2.24, 2.45) is 0 Å². The Balaban J connectivity index is 2.17. The van der Waals surface area contributed by atoms with E-state index >= 15 is 0 Å². The lowest BCUT2D eigenvalue weighted by Crippen LogP contribution is -2.06. The molecule has 0 atom stereocenters. The largest absolute Gasteiger partial charge is 0.496 e. The Bertz CT molecular complexity index is 650. The number of para-hydroxylation sites is 1. The van der Waals surface area contributed by atoms with Crippen molar-refractivity contribution in [3.05, 3.63) is 108 Å². The number of hydrogen-bond acceptors (Lipinski definition) is 1. The van der Waals surface area contributed by atoms with Crippen molar-refractivity contribution in [3.63, 3.8) is 0 Å². The first kappa shape index (κ1) is 13.4. The molecule has 0 saturated heterocycles. The first-order valence-corrected chi connectivity index (χ1v) is 7.01. The third kappa shape index (κ3) is 2.82. The number of methoxy groups -OCH3 is 1. The maximum absolute atomic E-state index is 5.55. The highest BCUT2D eigenvalue weighted by atomic mass is 16.5. The minimum absolute atomic E-state index is 0.889. The molecule has 0 bridgehead atoms. The molecule has 1 nitrogen and oxygen atoms in total. The molecule has 0 fully saturated rings. The van der Waals surface area contributed by atoms with Crippen LogP contribution in [0.25, 0.3) is 0 Å². The Morgan fingerprint density at radius 2 is 1.10 bits per heavy atom. The SMILES string of the molecule is COc1ccccc1[C](c1ccccc1)c1ccccc1. The van der Waals surface area contributed by atoms with E-state index in [1.807, 2.05) is 30.3 Å². The quantitative estimate of drug-likeness (QED) is 0.625. The maximum Gasteiger partial charge on any atom is 0.123 e. The van der Waals surface area contributed by atoms with Crippen LogP contribution in [-0.2, 0) is 0 Å². The van der Waals surface area contributed by atoms with Crippen LogP contribution < -0.4 is 4.74 Å². The summed E-state index contributed by atoms with van der Waals surface area (Å²) < 4.78 is 5.55. The normalized spacial score (nSPS) is 10.6. The van der Waals surface area contributed by atoms with Gasteiger partial charge in [0, 0.05) is 5.56 Å². The molecule has 0 aromatic heterocycles. The van der Waals surface area contributed by atoms with Gasteiger partial charge in [-0.2, -0.15) is 0 Å². The highest BCUT2D eigenvalue weighted by molar-refractivity contribution is 5.61. The van der Waals surface area contributed by atoms with E-state index in [0.717, 1.165) is 11.3 Å². The van der Waals surface area contributed by atoms with Crippen LogP contribution in [0.5, 0.6) is 5.75 Å². The van der Waals surface area contributed by atoms with E-state index in [1.54, 1.807) is 7.11 Å². The fourth-order valence-electron chi connectivity index (χ4n) is 2.54. The second kappa shape index (κ2) is 6.27. The van der Waals surface area contributed by atoms with Gasteiger partial charge in [-0.25, -0.2) is 0 Å². The Hall–Kier alpha value is -2.54. The molecule has 0 unspecified atom stereocenters. The number of hydrogen-bond donors (Lipinski definition) is 0. The van der Waals surface area contributed by atoms with Gasteiger partial charge < -0.3 is 4.74 Å². The smallest absolute Gasteiger partial charge is 0.123 e. The van der Waals surface area contributed by atoms with Crippen molar-refractivity contribution in [1.82, 2.24) is 0 Å². The molecular weight excluding hydrogens is 256 g/mol. The molecule has 103 valence electrons. The lowest BCUT2D eigenvalue weighted by atomic mass is 9.85. The summed E-state index contributed by atoms with van der Waals surface area (Å²) in [5.74, 6) is 2.08. The van der Waals surface area contributed by atoms with Gasteiger partial charge in [-0.05, 0) is 17.2 Å². The van der Waals surface area contributed by atoms with Crippen molar-refractivity contribution >= 4 is 0 Å². The van der Waals surface area contributed by atoms with Crippen molar-refractivity contribution in [2.75, 3.05) is 7.11 Å². The zero-order chi connectivity index (χ0) is 14.5. The average Bonchev–Trinajstić information content (AvgIpc) is 2.58. The maximum atomic E-state index is 5.55. The fourth-order valence-corrected chi connectivity index (χ4v) is 2.54. The lowest BCUT2D eigenvalue weighted by Gasteiger charge is -2.20. The van der Waals surface area contributed by atoms with Gasteiger partial charge in [0.15, 0.2) is 0 Å². The molecule has 0 aliphatic heterocycles. The molecule has 3 aromatic rings. The zero-order valence-electron chi connectivity index (χ0n) is 12.0. The molecule has 21 heavy (non-hydrogen) atoms. The number of benzene rings is 3. The van der Waals surface area contributed by atoms with Crippen molar-refractivity contribution < 1.29 is 4.74 Å². The molecule has 0 saturated carbocycles. The van der Waals surface area contributed by atoms with Crippen LogP contribution in [0.15, 0.2) is 84.9 Å². The van der Waals surface area contributed by atoms with Gasteiger partial charge in [0.1, 0.15) is 5.75 Å².